The zero-order chi connectivity index (χ0) is 35.3. The molecular formula is C44H36N4O4. The topological polar surface area (TPSA) is 72.3 Å². The molecule has 1 aliphatic heterocycles. The van der Waals surface area contributed by atoms with E-state index in [1.54, 1.807) is 14.2 Å². The quantitative estimate of drug-likeness (QED) is 0.190. The first-order chi connectivity index (χ1) is 25.5. The van der Waals surface area contributed by atoms with E-state index < -0.39 is 0 Å². The van der Waals surface area contributed by atoms with Crippen LogP contribution in [0.15, 0.2) is 143 Å². The Kier molecular flexibility index (Phi) is 7.65. The second kappa shape index (κ2) is 12.7. The molecule has 8 bridgehead atoms. The van der Waals surface area contributed by atoms with E-state index in [-0.39, 0.29) is 37.6 Å². The van der Waals surface area contributed by atoms with Gasteiger partial charge in [0.2, 0.25) is 0 Å². The Labute approximate surface area is 300 Å². The van der Waals surface area contributed by atoms with Gasteiger partial charge in [0.05, 0.1) is 62.5 Å². The first-order valence-corrected chi connectivity index (χ1v) is 17.4. The molecule has 6 aromatic carbocycles. The van der Waals surface area contributed by atoms with Crippen molar-refractivity contribution in [3.63, 3.8) is 0 Å². The number of benzene rings is 6. The molecule has 0 saturated heterocycles. The number of hydrogen-bond acceptors (Lipinski definition) is 4. The lowest BCUT2D eigenvalue weighted by Gasteiger charge is -2.18. The number of para-hydroxylation sites is 4. The van der Waals surface area contributed by atoms with E-state index in [4.69, 9.17) is 9.47 Å². The van der Waals surface area contributed by atoms with Crippen molar-refractivity contribution in [3.8, 4) is 33.8 Å². The monoisotopic (exact) mass is 684 g/mol. The molecule has 0 aliphatic carbocycles. The fraction of sp³-hybridized carbons (Fsp3) is 0.136. The highest BCUT2D eigenvalue weighted by Gasteiger charge is 2.24. The molecule has 3 heterocycles. The van der Waals surface area contributed by atoms with Crippen LogP contribution in [0.4, 0.5) is 0 Å². The van der Waals surface area contributed by atoms with Gasteiger partial charge in [-0.15, -0.1) is 0 Å². The Morgan fingerprint density at radius 3 is 0.923 bits per heavy atom. The lowest BCUT2D eigenvalue weighted by atomic mass is 9.98. The Hall–Kier alpha value is -6.54. The van der Waals surface area contributed by atoms with Gasteiger partial charge in [-0.2, -0.15) is 0 Å². The van der Waals surface area contributed by atoms with Crippen LogP contribution < -0.4 is 20.9 Å². The highest BCUT2D eigenvalue weighted by molar-refractivity contribution is 5.78. The van der Waals surface area contributed by atoms with Gasteiger partial charge in [-0.3, -0.25) is 18.3 Å². The number of methoxy groups -OCH3 is 2. The van der Waals surface area contributed by atoms with Crippen LogP contribution in [0, 0.1) is 0 Å². The summed E-state index contributed by atoms with van der Waals surface area (Å²) in [5.41, 5.74) is 10.4. The van der Waals surface area contributed by atoms with Gasteiger partial charge in [-0.05, 0) is 70.8 Å². The van der Waals surface area contributed by atoms with E-state index in [9.17, 15) is 9.59 Å². The van der Waals surface area contributed by atoms with Crippen molar-refractivity contribution in [3.05, 3.63) is 177 Å². The maximum absolute atomic E-state index is 14.7. The highest BCUT2D eigenvalue weighted by atomic mass is 16.5. The minimum atomic E-state index is -0.133. The molecule has 256 valence electrons. The van der Waals surface area contributed by atoms with Crippen LogP contribution in [0.1, 0.15) is 22.3 Å². The van der Waals surface area contributed by atoms with Crippen LogP contribution in [0.25, 0.3) is 44.3 Å². The van der Waals surface area contributed by atoms with Crippen molar-refractivity contribution in [2.24, 2.45) is 0 Å². The van der Waals surface area contributed by atoms with Crippen LogP contribution in [-0.4, -0.2) is 32.5 Å². The van der Waals surface area contributed by atoms with Gasteiger partial charge in [0, 0.05) is 22.3 Å². The number of imidazole rings is 2. The van der Waals surface area contributed by atoms with Crippen molar-refractivity contribution in [1.29, 1.82) is 0 Å². The summed E-state index contributed by atoms with van der Waals surface area (Å²) in [5, 5.41) is 0. The number of aromatic nitrogens is 4. The predicted octanol–water partition coefficient (Wildman–Crippen LogP) is 7.78. The summed E-state index contributed by atoms with van der Waals surface area (Å²) >= 11 is 0. The summed E-state index contributed by atoms with van der Waals surface area (Å²) in [7, 11) is 3.31. The van der Waals surface area contributed by atoms with Gasteiger partial charge in [0.25, 0.3) is 0 Å². The molecule has 8 nitrogen and oxygen atoms in total. The summed E-state index contributed by atoms with van der Waals surface area (Å²) < 4.78 is 19.6. The molecule has 0 saturated carbocycles. The van der Waals surface area contributed by atoms with Crippen LogP contribution in [0.5, 0.6) is 11.5 Å². The summed E-state index contributed by atoms with van der Waals surface area (Å²) in [6.45, 7) is 1.08. The van der Waals surface area contributed by atoms with Crippen LogP contribution in [0.3, 0.4) is 0 Å². The van der Waals surface area contributed by atoms with E-state index in [2.05, 4.69) is 48.5 Å². The lowest BCUT2D eigenvalue weighted by molar-refractivity contribution is 0.400. The molecule has 0 amide bonds. The zero-order valence-electron chi connectivity index (χ0n) is 29.0. The Morgan fingerprint density at radius 2 is 0.654 bits per heavy atom. The molecule has 9 rings (SSSR count). The fourth-order valence-electron chi connectivity index (χ4n) is 7.93. The molecule has 0 spiro atoms. The number of nitrogens with zero attached hydrogens (tertiary/aromatic N) is 4. The standard InChI is InChI=1S/C44H36N4O4/c1-51-41-33-21-31(29-13-5-3-6-14-29)22-34(41)26-46-38-18-10-12-20-40(38)48(44(46)50)28-36-24-32(30-15-7-4-8-16-30)23-35(42(36)52-2)27-47-39-19-11-9-17-37(39)45(25-33)43(47)49/h3-24H,25-28H2,1-2H3. The molecule has 0 unspecified atom stereocenters. The van der Waals surface area contributed by atoms with E-state index in [1.165, 1.54) is 0 Å². The smallest absolute Gasteiger partial charge is 0.329 e. The van der Waals surface area contributed by atoms with Gasteiger partial charge >= 0.3 is 11.4 Å². The molecule has 0 radical (unpaired) electrons. The van der Waals surface area contributed by atoms with E-state index in [0.717, 1.165) is 66.6 Å². The van der Waals surface area contributed by atoms with Gasteiger partial charge < -0.3 is 9.47 Å². The molecule has 0 atom stereocenters. The first-order valence-electron chi connectivity index (χ1n) is 17.4. The minimum Gasteiger partial charge on any atom is -0.496 e. The average Bonchev–Trinajstić information content (AvgIpc) is 3.60. The molecule has 8 heteroatoms. The van der Waals surface area contributed by atoms with Crippen molar-refractivity contribution >= 4 is 22.1 Å². The van der Waals surface area contributed by atoms with E-state index in [0.29, 0.717) is 11.5 Å². The molecule has 2 aromatic heterocycles. The SMILES string of the molecule is COc1c2cc(-c3ccccc3)cc1Cn1c(=O)n(c3ccccc31)Cc1cc(-c3ccccc3)cc(c1OC)Cn1c(=O)n(c3ccccc31)C2. The third-order valence-corrected chi connectivity index (χ3v) is 10.3. The largest absolute Gasteiger partial charge is 0.496 e. The van der Waals surface area contributed by atoms with Crippen molar-refractivity contribution in [2.45, 2.75) is 26.2 Å². The molecule has 0 fully saturated rings. The van der Waals surface area contributed by atoms with Crippen LogP contribution in [0.2, 0.25) is 0 Å². The van der Waals surface area contributed by atoms with Gasteiger partial charge in [-0.1, -0.05) is 84.9 Å². The number of rotatable bonds is 4. The molecular weight excluding hydrogens is 649 g/mol. The summed E-state index contributed by atoms with van der Waals surface area (Å²) in [6, 6.07) is 44.6. The minimum absolute atomic E-state index is 0.133. The number of ether oxygens (including phenoxy) is 2. The molecule has 1 aliphatic rings. The fourth-order valence-corrected chi connectivity index (χ4v) is 7.93. The maximum Gasteiger partial charge on any atom is 0.329 e. The van der Waals surface area contributed by atoms with Gasteiger partial charge in [-0.25, -0.2) is 9.59 Å². The van der Waals surface area contributed by atoms with Crippen molar-refractivity contribution in [1.82, 2.24) is 18.3 Å². The Bertz CT molecular complexity index is 2430. The van der Waals surface area contributed by atoms with Crippen molar-refractivity contribution < 1.29 is 9.47 Å². The number of hydrogen-bond donors (Lipinski definition) is 0. The second-order valence-electron chi connectivity index (χ2n) is 13.3. The molecule has 52 heavy (non-hydrogen) atoms. The third-order valence-electron chi connectivity index (χ3n) is 10.3. The van der Waals surface area contributed by atoms with E-state index >= 15 is 0 Å². The predicted molar refractivity (Wildman–Crippen MR) is 206 cm³/mol. The Morgan fingerprint density at radius 1 is 0.385 bits per heavy atom. The first kappa shape index (κ1) is 31.4. The summed E-state index contributed by atoms with van der Waals surface area (Å²) in [6.07, 6.45) is 0. The highest BCUT2D eigenvalue weighted by Crippen LogP contribution is 2.36. The van der Waals surface area contributed by atoms with Crippen LogP contribution in [-0.2, 0) is 26.2 Å². The third kappa shape index (κ3) is 5.14. The van der Waals surface area contributed by atoms with Gasteiger partial charge in [0.15, 0.2) is 0 Å². The summed E-state index contributed by atoms with van der Waals surface area (Å²) in [4.78, 5) is 29.3. The number of fused-ring (bicyclic) bond motifs is 14. The van der Waals surface area contributed by atoms with Crippen molar-refractivity contribution in [2.75, 3.05) is 14.2 Å². The normalized spacial score (nSPS) is 12.7. The second-order valence-corrected chi connectivity index (χ2v) is 13.3. The summed E-state index contributed by atoms with van der Waals surface area (Å²) in [5.74, 6) is 1.30. The molecule has 8 aromatic rings. The average molecular weight is 685 g/mol. The van der Waals surface area contributed by atoms with E-state index in [1.807, 2.05) is 103 Å². The lowest BCUT2D eigenvalue weighted by Crippen LogP contribution is -2.27. The Balaban J connectivity index is 1.37. The van der Waals surface area contributed by atoms with Crippen LogP contribution >= 0.6 is 0 Å². The molecule has 0 N–H and O–H groups in total. The maximum atomic E-state index is 14.7. The zero-order valence-corrected chi connectivity index (χ0v) is 29.0. The van der Waals surface area contributed by atoms with Gasteiger partial charge in [0.1, 0.15) is 11.5 Å².